The van der Waals surface area contributed by atoms with Crippen molar-refractivity contribution < 1.29 is 23.1 Å². The molecule has 1 amide bonds. The Kier molecular flexibility index (Phi) is 5.61. The summed E-state index contributed by atoms with van der Waals surface area (Å²) in [6.07, 6.45) is -2.69. The van der Waals surface area contributed by atoms with E-state index >= 15 is 0 Å². The monoisotopic (exact) mass is 325 g/mol. The molecule has 0 aliphatic rings. The van der Waals surface area contributed by atoms with E-state index in [-0.39, 0.29) is 16.6 Å². The molecule has 0 heterocycles. The van der Waals surface area contributed by atoms with Crippen LogP contribution in [0.15, 0.2) is 22.7 Å². The molecule has 0 saturated heterocycles. The van der Waals surface area contributed by atoms with Crippen molar-refractivity contribution in [2.45, 2.75) is 6.43 Å². The maximum Gasteiger partial charge on any atom is 0.255 e. The van der Waals surface area contributed by atoms with Gasteiger partial charge in [-0.1, -0.05) is 0 Å². The van der Waals surface area contributed by atoms with Crippen LogP contribution in [0.25, 0.3) is 0 Å². The number of alkyl halides is 2. The first-order valence-corrected chi connectivity index (χ1v) is 5.88. The van der Waals surface area contributed by atoms with Crippen molar-refractivity contribution in [2.24, 2.45) is 0 Å². The Morgan fingerprint density at radius 2 is 2.11 bits per heavy atom. The van der Waals surface area contributed by atoms with Crippen LogP contribution in [0.5, 0.6) is 0 Å². The first kappa shape index (κ1) is 15.0. The maximum atomic E-state index is 13.0. The van der Waals surface area contributed by atoms with E-state index in [1.165, 1.54) is 12.1 Å². The van der Waals surface area contributed by atoms with E-state index in [2.05, 4.69) is 15.9 Å². The second-order valence-electron chi connectivity index (χ2n) is 3.49. The third-order valence-electron chi connectivity index (χ3n) is 2.18. The van der Waals surface area contributed by atoms with E-state index < -0.39 is 31.3 Å². The second-order valence-corrected chi connectivity index (χ2v) is 4.35. The van der Waals surface area contributed by atoms with Gasteiger partial charge in [0.05, 0.1) is 17.6 Å². The van der Waals surface area contributed by atoms with Crippen molar-refractivity contribution >= 4 is 21.8 Å². The SMILES string of the molecule is O=C(c1ccc(F)c(Br)c1)N(CCO)CC(F)F. The number of carbonyl (C=O) groups excluding carboxylic acids is 1. The Balaban J connectivity index is 2.90. The molecule has 0 unspecified atom stereocenters. The van der Waals surface area contributed by atoms with Gasteiger partial charge in [0, 0.05) is 12.1 Å². The number of nitrogens with zero attached hydrogens (tertiary/aromatic N) is 1. The number of benzene rings is 1. The smallest absolute Gasteiger partial charge is 0.255 e. The van der Waals surface area contributed by atoms with Gasteiger partial charge in [0.15, 0.2) is 0 Å². The van der Waals surface area contributed by atoms with Gasteiger partial charge in [-0.3, -0.25) is 4.79 Å². The van der Waals surface area contributed by atoms with Crippen LogP contribution in [0.3, 0.4) is 0 Å². The molecule has 1 N–H and O–H groups in total. The number of hydrogen-bond acceptors (Lipinski definition) is 2. The minimum Gasteiger partial charge on any atom is -0.395 e. The first-order valence-electron chi connectivity index (χ1n) is 5.09. The Morgan fingerprint density at radius 3 is 2.61 bits per heavy atom. The number of aliphatic hydroxyl groups is 1. The lowest BCUT2D eigenvalue weighted by Gasteiger charge is -2.21. The van der Waals surface area contributed by atoms with Gasteiger partial charge in [-0.15, -0.1) is 0 Å². The summed E-state index contributed by atoms with van der Waals surface area (Å²) < 4.78 is 37.6. The van der Waals surface area contributed by atoms with Gasteiger partial charge in [-0.25, -0.2) is 13.2 Å². The average molecular weight is 326 g/mol. The summed E-state index contributed by atoms with van der Waals surface area (Å²) in [6.45, 7) is -1.38. The Labute approximate surface area is 110 Å². The van der Waals surface area contributed by atoms with Crippen LogP contribution in [0.2, 0.25) is 0 Å². The van der Waals surface area contributed by atoms with Crippen molar-refractivity contribution in [3.63, 3.8) is 0 Å². The number of amides is 1. The van der Waals surface area contributed by atoms with Crippen molar-refractivity contribution in [1.29, 1.82) is 0 Å². The maximum absolute atomic E-state index is 13.0. The Hall–Kier alpha value is -1.08. The first-order chi connectivity index (χ1) is 8.45. The summed E-state index contributed by atoms with van der Waals surface area (Å²) in [6, 6.07) is 3.49. The Bertz CT molecular complexity index is 429. The highest BCUT2D eigenvalue weighted by atomic mass is 79.9. The third-order valence-corrected chi connectivity index (χ3v) is 2.79. The second kappa shape index (κ2) is 6.75. The van der Waals surface area contributed by atoms with Gasteiger partial charge in [0.25, 0.3) is 12.3 Å². The van der Waals surface area contributed by atoms with Crippen molar-refractivity contribution in [1.82, 2.24) is 4.90 Å². The van der Waals surface area contributed by atoms with Crippen LogP contribution in [0.4, 0.5) is 13.2 Å². The van der Waals surface area contributed by atoms with Crippen LogP contribution >= 0.6 is 15.9 Å². The summed E-state index contributed by atoms with van der Waals surface area (Å²) in [4.78, 5) is 12.7. The fourth-order valence-corrected chi connectivity index (χ4v) is 1.75. The number of carbonyl (C=O) groups is 1. The van der Waals surface area contributed by atoms with Crippen LogP contribution < -0.4 is 0 Å². The molecular weight excluding hydrogens is 315 g/mol. The lowest BCUT2D eigenvalue weighted by atomic mass is 10.2. The summed E-state index contributed by atoms with van der Waals surface area (Å²) in [5.41, 5.74) is 0.0809. The number of halogens is 4. The van der Waals surface area contributed by atoms with Crippen LogP contribution in [0.1, 0.15) is 10.4 Å². The van der Waals surface area contributed by atoms with Crippen molar-refractivity contribution in [3.05, 3.63) is 34.1 Å². The highest BCUT2D eigenvalue weighted by Crippen LogP contribution is 2.18. The standard InChI is InChI=1S/C11H11BrF3NO2/c12-8-5-7(1-2-9(8)13)11(18)16(3-4-17)6-10(14)15/h1-2,5,10,17H,3-4,6H2. The molecule has 3 nitrogen and oxygen atoms in total. The normalized spacial score (nSPS) is 10.8. The quantitative estimate of drug-likeness (QED) is 0.902. The minimum atomic E-state index is -2.69. The molecule has 1 rings (SSSR count). The van der Waals surface area contributed by atoms with Gasteiger partial charge < -0.3 is 10.0 Å². The summed E-state index contributed by atoms with van der Waals surface area (Å²) in [7, 11) is 0. The molecule has 0 spiro atoms. The molecule has 1 aromatic carbocycles. The van der Waals surface area contributed by atoms with E-state index in [1.54, 1.807) is 0 Å². The van der Waals surface area contributed by atoms with E-state index in [0.29, 0.717) is 0 Å². The molecule has 0 saturated carbocycles. The molecule has 0 radical (unpaired) electrons. The highest BCUT2D eigenvalue weighted by Gasteiger charge is 2.19. The van der Waals surface area contributed by atoms with Gasteiger partial charge >= 0.3 is 0 Å². The predicted molar refractivity (Wildman–Crippen MR) is 63.1 cm³/mol. The number of rotatable bonds is 5. The topological polar surface area (TPSA) is 40.5 Å². The Morgan fingerprint density at radius 1 is 1.44 bits per heavy atom. The summed E-state index contributed by atoms with van der Waals surface area (Å²) in [5.74, 6) is -1.22. The fraction of sp³-hybridized carbons (Fsp3) is 0.364. The minimum absolute atomic E-state index is 0.0781. The molecule has 7 heteroatoms. The van der Waals surface area contributed by atoms with Crippen LogP contribution in [-0.4, -0.2) is 42.0 Å². The molecule has 0 fully saturated rings. The molecule has 1 aromatic rings. The third kappa shape index (κ3) is 3.99. The molecular formula is C11H11BrF3NO2. The van der Waals surface area contributed by atoms with Crippen molar-refractivity contribution in [2.75, 3.05) is 19.7 Å². The zero-order valence-electron chi connectivity index (χ0n) is 9.25. The van der Waals surface area contributed by atoms with Gasteiger partial charge in [-0.05, 0) is 34.1 Å². The van der Waals surface area contributed by atoms with E-state index in [9.17, 15) is 18.0 Å². The molecule has 0 bridgehead atoms. The molecule has 18 heavy (non-hydrogen) atoms. The largest absolute Gasteiger partial charge is 0.395 e. The molecule has 0 aliphatic heterocycles. The van der Waals surface area contributed by atoms with Gasteiger partial charge in [0.2, 0.25) is 0 Å². The lowest BCUT2D eigenvalue weighted by Crippen LogP contribution is -2.37. The molecule has 0 aliphatic carbocycles. The highest BCUT2D eigenvalue weighted by molar-refractivity contribution is 9.10. The van der Waals surface area contributed by atoms with Gasteiger partial charge in [0.1, 0.15) is 5.82 Å². The molecule has 0 aromatic heterocycles. The predicted octanol–water partition coefficient (Wildman–Crippen LogP) is 2.29. The summed E-state index contributed by atoms with van der Waals surface area (Å²) in [5, 5.41) is 8.74. The zero-order chi connectivity index (χ0) is 13.7. The van der Waals surface area contributed by atoms with E-state index in [1.807, 2.05) is 0 Å². The zero-order valence-corrected chi connectivity index (χ0v) is 10.8. The van der Waals surface area contributed by atoms with Crippen molar-refractivity contribution in [3.8, 4) is 0 Å². The van der Waals surface area contributed by atoms with Crippen LogP contribution in [-0.2, 0) is 0 Å². The van der Waals surface area contributed by atoms with Gasteiger partial charge in [-0.2, -0.15) is 0 Å². The summed E-state index contributed by atoms with van der Waals surface area (Å²) >= 11 is 2.91. The number of hydrogen-bond donors (Lipinski definition) is 1. The fourth-order valence-electron chi connectivity index (χ4n) is 1.37. The van der Waals surface area contributed by atoms with E-state index in [0.717, 1.165) is 11.0 Å². The average Bonchev–Trinajstić information content (AvgIpc) is 2.31. The van der Waals surface area contributed by atoms with E-state index in [4.69, 9.17) is 5.11 Å². The molecule has 0 atom stereocenters. The lowest BCUT2D eigenvalue weighted by molar-refractivity contribution is 0.0509. The molecule has 100 valence electrons. The van der Waals surface area contributed by atoms with Crippen LogP contribution in [0, 0.1) is 5.82 Å². The number of aliphatic hydroxyl groups excluding tert-OH is 1.